The molecule has 0 aromatic heterocycles. The second-order valence-electron chi connectivity index (χ2n) is 4.95. The Balaban J connectivity index is 2.14. The van der Waals surface area contributed by atoms with Crippen LogP contribution in [0.1, 0.15) is 34.1 Å². The molecule has 2 atom stereocenters. The van der Waals surface area contributed by atoms with E-state index in [0.717, 1.165) is 11.8 Å². The fraction of sp³-hybridized carbons (Fsp3) is 0.286. The first-order chi connectivity index (χ1) is 6.95. The van der Waals surface area contributed by atoms with Gasteiger partial charge >= 0.3 is 0 Å². The van der Waals surface area contributed by atoms with Gasteiger partial charge in [0.15, 0.2) is 0 Å². The first-order valence-corrected chi connectivity index (χ1v) is 5.51. The van der Waals surface area contributed by atoms with Gasteiger partial charge in [-0.15, -0.1) is 0 Å². The smallest absolute Gasteiger partial charge is 0.00430 e. The van der Waals surface area contributed by atoms with E-state index < -0.39 is 0 Å². The van der Waals surface area contributed by atoms with Crippen molar-refractivity contribution in [1.29, 1.82) is 0 Å². The van der Waals surface area contributed by atoms with Crippen molar-refractivity contribution in [3.05, 3.63) is 46.5 Å². The lowest BCUT2D eigenvalue weighted by Gasteiger charge is -2.57. The molecule has 2 unspecified atom stereocenters. The molecular formula is C14H10. The van der Waals surface area contributed by atoms with Crippen LogP contribution in [-0.2, 0) is 12.8 Å². The van der Waals surface area contributed by atoms with Crippen molar-refractivity contribution in [2.24, 2.45) is 0 Å². The van der Waals surface area contributed by atoms with Crippen LogP contribution in [0, 0.1) is 0 Å². The van der Waals surface area contributed by atoms with Crippen LogP contribution in [0.25, 0.3) is 10.8 Å². The zero-order chi connectivity index (χ0) is 8.86. The van der Waals surface area contributed by atoms with E-state index in [2.05, 4.69) is 24.3 Å². The van der Waals surface area contributed by atoms with Crippen molar-refractivity contribution in [3.8, 4) is 0 Å². The van der Waals surface area contributed by atoms with Crippen LogP contribution in [0.3, 0.4) is 0 Å². The average molecular weight is 178 g/mol. The zero-order valence-corrected chi connectivity index (χ0v) is 7.88. The lowest BCUT2D eigenvalue weighted by atomic mass is 9.47. The van der Waals surface area contributed by atoms with Crippen LogP contribution in [-0.4, -0.2) is 0 Å². The number of benzene rings is 2. The van der Waals surface area contributed by atoms with Gasteiger partial charge in [0, 0.05) is 0 Å². The van der Waals surface area contributed by atoms with E-state index in [1.807, 2.05) is 0 Å². The van der Waals surface area contributed by atoms with Crippen LogP contribution in [0.5, 0.6) is 0 Å². The molecule has 0 saturated heterocycles. The van der Waals surface area contributed by atoms with E-state index >= 15 is 0 Å². The zero-order valence-electron chi connectivity index (χ0n) is 7.88. The maximum Gasteiger partial charge on any atom is -0.00430 e. The molecule has 0 aliphatic heterocycles. The van der Waals surface area contributed by atoms with E-state index in [1.54, 1.807) is 33.0 Å². The average Bonchev–Trinajstić information content (AvgIpc) is 2.13. The molecule has 0 spiro atoms. The summed E-state index contributed by atoms with van der Waals surface area (Å²) in [6.45, 7) is 0. The molecule has 0 heterocycles. The van der Waals surface area contributed by atoms with Gasteiger partial charge in [0.2, 0.25) is 0 Å². The van der Waals surface area contributed by atoms with Gasteiger partial charge in [-0.3, -0.25) is 0 Å². The SMILES string of the molecule is c1ccc2c3c4c5c(c2c1)CC5C4C3. The highest BCUT2D eigenvalue weighted by Gasteiger charge is 2.53. The molecule has 0 fully saturated rings. The molecule has 66 valence electrons. The number of hydrogen-bond donors (Lipinski definition) is 0. The minimum atomic E-state index is 0.983. The van der Waals surface area contributed by atoms with Crippen LogP contribution < -0.4 is 0 Å². The molecule has 5 rings (SSSR count). The second-order valence-corrected chi connectivity index (χ2v) is 4.95. The molecule has 14 heavy (non-hydrogen) atoms. The Labute approximate surface area is 82.6 Å². The minimum absolute atomic E-state index is 0.983. The van der Waals surface area contributed by atoms with Crippen molar-refractivity contribution in [3.63, 3.8) is 0 Å². The van der Waals surface area contributed by atoms with Crippen LogP contribution >= 0.6 is 0 Å². The lowest BCUT2D eigenvalue weighted by molar-refractivity contribution is 0.368. The number of rotatable bonds is 0. The summed E-state index contributed by atoms with van der Waals surface area (Å²) in [4.78, 5) is 0. The molecule has 0 N–H and O–H groups in total. The summed E-state index contributed by atoms with van der Waals surface area (Å²) in [5.41, 5.74) is 6.88. The Morgan fingerprint density at radius 2 is 1.29 bits per heavy atom. The highest BCUT2D eigenvalue weighted by atomic mass is 14.6. The summed E-state index contributed by atoms with van der Waals surface area (Å²) in [7, 11) is 0. The van der Waals surface area contributed by atoms with Gasteiger partial charge in [-0.2, -0.15) is 0 Å². The molecule has 2 aromatic rings. The van der Waals surface area contributed by atoms with Gasteiger partial charge in [0.1, 0.15) is 0 Å². The van der Waals surface area contributed by atoms with Crippen molar-refractivity contribution in [1.82, 2.24) is 0 Å². The fourth-order valence-corrected chi connectivity index (χ4v) is 3.88. The van der Waals surface area contributed by atoms with E-state index in [0.29, 0.717) is 0 Å². The summed E-state index contributed by atoms with van der Waals surface area (Å²) >= 11 is 0. The Bertz CT molecular complexity index is 552. The maximum atomic E-state index is 2.31. The lowest BCUT2D eigenvalue weighted by Crippen LogP contribution is -2.44. The Morgan fingerprint density at radius 3 is 1.79 bits per heavy atom. The molecule has 0 amide bonds. The van der Waals surface area contributed by atoms with Gasteiger partial charge in [-0.1, -0.05) is 24.3 Å². The number of hydrogen-bond acceptors (Lipinski definition) is 0. The van der Waals surface area contributed by atoms with Gasteiger partial charge in [-0.05, 0) is 57.7 Å². The standard InChI is InChI=1S/C14H10/c1-2-4-8-7(3-1)9-5-11-12-6-10(8)14(12)13(9)11/h1-4,11-12H,5-6H2. The number of fused-ring (bicyclic) bond motifs is 4. The third-order valence-corrected chi connectivity index (χ3v) is 4.59. The summed E-state index contributed by atoms with van der Waals surface area (Å²) < 4.78 is 0. The van der Waals surface area contributed by atoms with Gasteiger partial charge in [-0.25, -0.2) is 0 Å². The first kappa shape index (κ1) is 6.23. The van der Waals surface area contributed by atoms with Crippen LogP contribution in [0.4, 0.5) is 0 Å². The second kappa shape index (κ2) is 1.63. The van der Waals surface area contributed by atoms with Crippen molar-refractivity contribution in [2.75, 3.05) is 0 Å². The summed E-state index contributed by atoms with van der Waals surface area (Å²) in [6, 6.07) is 8.98. The molecule has 0 nitrogen and oxygen atoms in total. The van der Waals surface area contributed by atoms with Gasteiger partial charge in [0.05, 0.1) is 0 Å². The summed E-state index contributed by atoms with van der Waals surface area (Å²) in [5, 5.41) is 3.10. The quantitative estimate of drug-likeness (QED) is 0.581. The molecule has 0 bridgehead atoms. The predicted molar refractivity (Wildman–Crippen MR) is 56.8 cm³/mol. The minimum Gasteiger partial charge on any atom is -0.0616 e. The largest absolute Gasteiger partial charge is 0.0616 e. The Kier molecular flexibility index (Phi) is 0.724. The molecule has 3 aliphatic carbocycles. The molecule has 2 aromatic carbocycles. The highest BCUT2D eigenvalue weighted by Crippen LogP contribution is 2.67. The first-order valence-electron chi connectivity index (χ1n) is 5.51. The van der Waals surface area contributed by atoms with Gasteiger partial charge < -0.3 is 0 Å². The van der Waals surface area contributed by atoms with E-state index in [9.17, 15) is 0 Å². The summed E-state index contributed by atoms with van der Waals surface area (Å²) in [6.07, 6.45) is 2.74. The van der Waals surface area contributed by atoms with E-state index in [4.69, 9.17) is 0 Å². The van der Waals surface area contributed by atoms with Gasteiger partial charge in [0.25, 0.3) is 0 Å². The van der Waals surface area contributed by atoms with Crippen LogP contribution in [0.15, 0.2) is 24.3 Å². The van der Waals surface area contributed by atoms with Crippen molar-refractivity contribution >= 4 is 10.8 Å². The Hall–Kier alpha value is -1.30. The molecule has 3 aliphatic rings. The maximum absolute atomic E-state index is 2.31. The van der Waals surface area contributed by atoms with E-state index in [1.165, 1.54) is 12.8 Å². The third-order valence-electron chi connectivity index (χ3n) is 4.59. The normalized spacial score (nSPS) is 28.9. The van der Waals surface area contributed by atoms with Crippen molar-refractivity contribution in [2.45, 2.75) is 24.7 Å². The fourth-order valence-electron chi connectivity index (χ4n) is 3.88. The third kappa shape index (κ3) is 0.408. The molecule has 0 saturated carbocycles. The topological polar surface area (TPSA) is 0 Å². The molecule has 0 heteroatoms. The highest BCUT2D eigenvalue weighted by molar-refractivity contribution is 5.97. The molecule has 0 radical (unpaired) electrons. The molecular weight excluding hydrogens is 168 g/mol. The van der Waals surface area contributed by atoms with Crippen molar-refractivity contribution < 1.29 is 0 Å². The van der Waals surface area contributed by atoms with Crippen LogP contribution in [0.2, 0.25) is 0 Å². The Morgan fingerprint density at radius 1 is 0.786 bits per heavy atom. The monoisotopic (exact) mass is 178 g/mol. The van der Waals surface area contributed by atoms with E-state index in [-0.39, 0.29) is 0 Å². The predicted octanol–water partition coefficient (Wildman–Crippen LogP) is 3.13. The summed E-state index contributed by atoms with van der Waals surface area (Å²) in [5.74, 6) is 1.97.